The number of nitrogens with one attached hydrogen (secondary N) is 1. The van der Waals surface area contributed by atoms with E-state index in [0.29, 0.717) is 17.1 Å². The third-order valence-corrected chi connectivity index (χ3v) is 5.49. The molecule has 1 aromatic rings. The second-order valence-corrected chi connectivity index (χ2v) is 7.40. The van der Waals surface area contributed by atoms with E-state index in [1.54, 1.807) is 12.1 Å². The fraction of sp³-hybridized carbons (Fsp3) is 0.611. The number of halogens is 3. The van der Waals surface area contributed by atoms with E-state index in [9.17, 15) is 4.39 Å². The van der Waals surface area contributed by atoms with Crippen molar-refractivity contribution in [3.05, 3.63) is 34.1 Å². The van der Waals surface area contributed by atoms with E-state index < -0.39 is 0 Å². The second kappa shape index (κ2) is 10.1. The van der Waals surface area contributed by atoms with Gasteiger partial charge < -0.3 is 10.2 Å². The molecule has 1 N–H and O–H groups in total. The summed E-state index contributed by atoms with van der Waals surface area (Å²) in [5.41, 5.74) is 0.890. The highest BCUT2D eigenvalue weighted by atomic mass is 127. The number of nitrogens with zero attached hydrogens (tertiary/aromatic N) is 3. The van der Waals surface area contributed by atoms with Crippen molar-refractivity contribution in [2.75, 3.05) is 32.7 Å². The van der Waals surface area contributed by atoms with Gasteiger partial charge in [0, 0.05) is 25.7 Å². The summed E-state index contributed by atoms with van der Waals surface area (Å²) in [6.07, 6.45) is 3.87. The van der Waals surface area contributed by atoms with Crippen LogP contribution in [0.5, 0.6) is 0 Å². The van der Waals surface area contributed by atoms with Crippen molar-refractivity contribution < 1.29 is 4.39 Å². The molecule has 0 aliphatic carbocycles. The van der Waals surface area contributed by atoms with Crippen LogP contribution in [0.3, 0.4) is 0 Å². The number of likely N-dealkylation sites (tertiary alicyclic amines) is 2. The summed E-state index contributed by atoms with van der Waals surface area (Å²) in [4.78, 5) is 9.70. The van der Waals surface area contributed by atoms with Gasteiger partial charge in [-0.15, -0.1) is 24.0 Å². The van der Waals surface area contributed by atoms with Gasteiger partial charge in [-0.05, 0) is 72.9 Å². The van der Waals surface area contributed by atoms with Crippen LogP contribution < -0.4 is 5.32 Å². The molecule has 0 bridgehead atoms. The van der Waals surface area contributed by atoms with Gasteiger partial charge in [-0.1, -0.05) is 6.07 Å². The maximum atomic E-state index is 13.6. The Morgan fingerprint density at radius 2 is 2.08 bits per heavy atom. The molecule has 25 heavy (non-hydrogen) atoms. The second-order valence-electron chi connectivity index (χ2n) is 6.55. The zero-order valence-corrected chi connectivity index (χ0v) is 18.6. The summed E-state index contributed by atoms with van der Waals surface area (Å²) in [5, 5.41) is 3.39. The van der Waals surface area contributed by atoms with E-state index in [4.69, 9.17) is 4.99 Å². The predicted molar refractivity (Wildman–Crippen MR) is 115 cm³/mol. The third-order valence-electron chi connectivity index (χ3n) is 4.85. The molecule has 2 heterocycles. The Morgan fingerprint density at radius 3 is 2.76 bits per heavy atom. The minimum atomic E-state index is -0.233. The molecule has 2 aliphatic heterocycles. The molecule has 0 radical (unpaired) electrons. The molecule has 140 valence electrons. The molecule has 4 nitrogen and oxygen atoms in total. The lowest BCUT2D eigenvalue weighted by atomic mass is 10.2. The Kier molecular flexibility index (Phi) is 8.41. The first-order valence-electron chi connectivity index (χ1n) is 8.88. The van der Waals surface area contributed by atoms with Crippen molar-refractivity contribution in [2.24, 2.45) is 4.99 Å². The fourth-order valence-corrected chi connectivity index (χ4v) is 3.82. The Hall–Kier alpha value is -0.410. The van der Waals surface area contributed by atoms with Crippen molar-refractivity contribution in [3.63, 3.8) is 0 Å². The van der Waals surface area contributed by atoms with Crippen LogP contribution in [0.15, 0.2) is 27.7 Å². The maximum Gasteiger partial charge on any atom is 0.194 e. The number of aliphatic imine (C=N–C) groups is 1. The minimum Gasteiger partial charge on any atom is -0.357 e. The van der Waals surface area contributed by atoms with E-state index in [2.05, 4.69) is 38.0 Å². The Labute approximate surface area is 175 Å². The van der Waals surface area contributed by atoms with Crippen LogP contribution in [0.4, 0.5) is 4.39 Å². The molecule has 2 fully saturated rings. The normalized spacial score (nSPS) is 21.5. The molecule has 2 saturated heterocycles. The van der Waals surface area contributed by atoms with E-state index in [1.165, 1.54) is 32.4 Å². The van der Waals surface area contributed by atoms with Crippen LogP contribution in [0.1, 0.15) is 31.7 Å². The first-order valence-corrected chi connectivity index (χ1v) is 9.68. The van der Waals surface area contributed by atoms with Crippen LogP contribution in [-0.4, -0.2) is 54.5 Å². The average Bonchev–Trinajstić information content (AvgIpc) is 3.25. The molecule has 0 aromatic heterocycles. The number of benzene rings is 1. The van der Waals surface area contributed by atoms with Gasteiger partial charge in [-0.2, -0.15) is 0 Å². The lowest BCUT2D eigenvalue weighted by Gasteiger charge is -2.25. The first-order chi connectivity index (χ1) is 11.7. The molecule has 0 saturated carbocycles. The maximum absolute atomic E-state index is 13.6. The molecule has 2 aliphatic rings. The molecule has 0 spiro atoms. The van der Waals surface area contributed by atoms with Gasteiger partial charge in [0.15, 0.2) is 5.96 Å². The highest BCUT2D eigenvalue weighted by Gasteiger charge is 2.30. The van der Waals surface area contributed by atoms with Crippen molar-refractivity contribution >= 4 is 45.9 Å². The average molecular weight is 525 g/mol. The fourth-order valence-electron chi connectivity index (χ4n) is 3.57. The molecule has 1 aromatic carbocycles. The Bertz CT molecular complexity index is 592. The SMILES string of the molecule is CCNC(=NCc1ccc(Br)c(F)c1)N1CCC(N2CCCC2)C1.I. The van der Waals surface area contributed by atoms with Crippen molar-refractivity contribution in [1.29, 1.82) is 0 Å². The predicted octanol–water partition coefficient (Wildman–Crippen LogP) is 3.84. The number of hydrogen-bond acceptors (Lipinski definition) is 2. The number of hydrogen-bond donors (Lipinski definition) is 1. The molecule has 1 unspecified atom stereocenters. The molecule has 0 amide bonds. The van der Waals surface area contributed by atoms with Crippen molar-refractivity contribution in [2.45, 2.75) is 38.8 Å². The van der Waals surface area contributed by atoms with Crippen LogP contribution in [-0.2, 0) is 6.54 Å². The molecule has 7 heteroatoms. The third kappa shape index (κ3) is 5.53. The van der Waals surface area contributed by atoms with Gasteiger partial charge in [0.2, 0.25) is 0 Å². The summed E-state index contributed by atoms with van der Waals surface area (Å²) < 4.78 is 14.1. The largest absolute Gasteiger partial charge is 0.357 e. The van der Waals surface area contributed by atoms with E-state index in [1.807, 2.05) is 6.07 Å². The zero-order valence-electron chi connectivity index (χ0n) is 14.7. The monoisotopic (exact) mass is 524 g/mol. The van der Waals surface area contributed by atoms with E-state index in [0.717, 1.165) is 31.2 Å². The molecular formula is C18H27BrFIN4. The summed E-state index contributed by atoms with van der Waals surface area (Å²) in [5.74, 6) is 0.713. The van der Waals surface area contributed by atoms with E-state index >= 15 is 0 Å². The van der Waals surface area contributed by atoms with Crippen LogP contribution >= 0.6 is 39.9 Å². The van der Waals surface area contributed by atoms with Gasteiger partial charge in [0.25, 0.3) is 0 Å². The molecular weight excluding hydrogens is 498 g/mol. The van der Waals surface area contributed by atoms with E-state index in [-0.39, 0.29) is 29.8 Å². The Balaban J connectivity index is 0.00000225. The van der Waals surface area contributed by atoms with Gasteiger partial charge in [0.05, 0.1) is 11.0 Å². The summed E-state index contributed by atoms with van der Waals surface area (Å²) in [6, 6.07) is 5.86. The highest BCUT2D eigenvalue weighted by molar-refractivity contribution is 14.0. The topological polar surface area (TPSA) is 30.9 Å². The van der Waals surface area contributed by atoms with Gasteiger partial charge in [0.1, 0.15) is 5.82 Å². The minimum absolute atomic E-state index is 0. The smallest absolute Gasteiger partial charge is 0.194 e. The van der Waals surface area contributed by atoms with Crippen molar-refractivity contribution in [3.8, 4) is 0 Å². The van der Waals surface area contributed by atoms with Gasteiger partial charge in [-0.3, -0.25) is 4.90 Å². The standard InChI is InChI=1S/C18H26BrFN4.HI/c1-2-21-18(22-12-14-5-6-16(19)17(20)11-14)24-10-7-15(13-24)23-8-3-4-9-23;/h5-6,11,15H,2-4,7-10,12-13H2,1H3,(H,21,22);1H. The quantitative estimate of drug-likeness (QED) is 0.369. The van der Waals surface area contributed by atoms with Crippen LogP contribution in [0.25, 0.3) is 0 Å². The molecule has 1 atom stereocenters. The summed E-state index contributed by atoms with van der Waals surface area (Å²) >= 11 is 3.19. The summed E-state index contributed by atoms with van der Waals surface area (Å²) in [6.45, 7) is 8.00. The summed E-state index contributed by atoms with van der Waals surface area (Å²) in [7, 11) is 0. The first kappa shape index (κ1) is 20.9. The highest BCUT2D eigenvalue weighted by Crippen LogP contribution is 2.21. The van der Waals surface area contributed by atoms with Crippen LogP contribution in [0.2, 0.25) is 0 Å². The number of rotatable bonds is 4. The lowest BCUT2D eigenvalue weighted by Crippen LogP contribution is -2.42. The Morgan fingerprint density at radius 1 is 1.32 bits per heavy atom. The molecule has 3 rings (SSSR count). The van der Waals surface area contributed by atoms with Crippen LogP contribution in [0, 0.1) is 5.82 Å². The zero-order chi connectivity index (χ0) is 16.9. The lowest BCUT2D eigenvalue weighted by molar-refractivity contribution is 0.249. The number of guanidine groups is 1. The van der Waals surface area contributed by atoms with Gasteiger partial charge in [-0.25, -0.2) is 9.38 Å². The van der Waals surface area contributed by atoms with Gasteiger partial charge >= 0.3 is 0 Å². The van der Waals surface area contributed by atoms with Crippen molar-refractivity contribution in [1.82, 2.24) is 15.1 Å².